The fraction of sp³-hybridized carbons (Fsp3) is 0.118. The molecule has 0 radical (unpaired) electrons. The summed E-state index contributed by atoms with van der Waals surface area (Å²) in [6.45, 7) is 0. The van der Waals surface area contributed by atoms with Crippen molar-refractivity contribution < 1.29 is 4.79 Å². The quantitative estimate of drug-likeness (QED) is 0.722. The SMILES string of the molecule is NC(=O)CCc1[nH]c2ccc(Cl)c(Cl)c2c1-c1ccccc1. The first kappa shape index (κ1) is 14.9. The zero-order chi connectivity index (χ0) is 15.7. The second-order valence-corrected chi connectivity index (χ2v) is 5.88. The molecule has 0 spiro atoms. The number of nitrogens with one attached hydrogen (secondary N) is 1. The average Bonchev–Trinajstić information content (AvgIpc) is 2.89. The van der Waals surface area contributed by atoms with Crippen molar-refractivity contribution in [2.24, 2.45) is 5.73 Å². The number of hydrogen-bond donors (Lipinski definition) is 2. The number of benzene rings is 2. The van der Waals surface area contributed by atoms with Crippen molar-refractivity contribution in [2.45, 2.75) is 12.8 Å². The zero-order valence-electron chi connectivity index (χ0n) is 11.7. The first-order valence-electron chi connectivity index (χ1n) is 6.90. The molecule has 1 heterocycles. The van der Waals surface area contributed by atoms with E-state index in [4.69, 9.17) is 28.9 Å². The third kappa shape index (κ3) is 2.70. The van der Waals surface area contributed by atoms with Crippen LogP contribution < -0.4 is 5.73 Å². The van der Waals surface area contributed by atoms with Crippen LogP contribution in [0.1, 0.15) is 12.1 Å². The van der Waals surface area contributed by atoms with Gasteiger partial charge < -0.3 is 10.7 Å². The van der Waals surface area contributed by atoms with E-state index in [9.17, 15) is 4.79 Å². The Morgan fingerprint density at radius 1 is 1.09 bits per heavy atom. The van der Waals surface area contributed by atoms with Gasteiger partial charge in [0.15, 0.2) is 0 Å². The van der Waals surface area contributed by atoms with Gasteiger partial charge >= 0.3 is 0 Å². The summed E-state index contributed by atoms with van der Waals surface area (Å²) in [4.78, 5) is 14.5. The first-order chi connectivity index (χ1) is 10.6. The lowest BCUT2D eigenvalue weighted by Gasteiger charge is -2.06. The highest BCUT2D eigenvalue weighted by Crippen LogP contribution is 2.40. The number of fused-ring (bicyclic) bond motifs is 1. The molecule has 2 aromatic carbocycles. The van der Waals surface area contributed by atoms with Crippen LogP contribution in [0, 0.1) is 0 Å². The number of carbonyl (C=O) groups excluding carboxylic acids is 1. The highest BCUT2D eigenvalue weighted by atomic mass is 35.5. The maximum absolute atomic E-state index is 11.1. The van der Waals surface area contributed by atoms with Crippen LogP contribution >= 0.6 is 23.2 Å². The number of amides is 1. The van der Waals surface area contributed by atoms with Crippen molar-refractivity contribution in [2.75, 3.05) is 0 Å². The van der Waals surface area contributed by atoms with E-state index in [1.54, 1.807) is 6.07 Å². The van der Waals surface area contributed by atoms with Crippen molar-refractivity contribution >= 4 is 40.0 Å². The predicted octanol–water partition coefficient (Wildman–Crippen LogP) is 4.56. The van der Waals surface area contributed by atoms with Crippen molar-refractivity contribution in [3.05, 3.63) is 58.2 Å². The molecule has 3 N–H and O–H groups in total. The van der Waals surface area contributed by atoms with E-state index < -0.39 is 0 Å². The standard InChI is InChI=1S/C17H14Cl2N2O/c18-11-6-7-13-16(17(11)19)15(10-4-2-1-3-5-10)12(21-13)8-9-14(20)22/h1-7,21H,8-9H2,(H2,20,22). The topological polar surface area (TPSA) is 58.9 Å². The Labute approximate surface area is 138 Å². The van der Waals surface area contributed by atoms with E-state index in [2.05, 4.69) is 4.98 Å². The van der Waals surface area contributed by atoms with Crippen LogP contribution in [0.3, 0.4) is 0 Å². The molecule has 0 saturated carbocycles. The van der Waals surface area contributed by atoms with Crippen LogP contribution in [0.4, 0.5) is 0 Å². The number of rotatable bonds is 4. The molecule has 112 valence electrons. The van der Waals surface area contributed by atoms with Gasteiger partial charge in [-0.05, 0) is 24.1 Å². The summed E-state index contributed by atoms with van der Waals surface area (Å²) in [5, 5.41) is 1.89. The highest BCUT2D eigenvalue weighted by molar-refractivity contribution is 6.46. The number of H-pyrrole nitrogens is 1. The normalized spacial score (nSPS) is 11.0. The summed E-state index contributed by atoms with van der Waals surface area (Å²) >= 11 is 12.6. The third-order valence-corrected chi connectivity index (χ3v) is 4.42. The Balaban J connectivity index is 2.26. The number of nitrogens with two attached hydrogens (primary N) is 1. The van der Waals surface area contributed by atoms with Gasteiger partial charge in [-0.3, -0.25) is 4.79 Å². The molecule has 3 nitrogen and oxygen atoms in total. The van der Waals surface area contributed by atoms with Crippen LogP contribution in [-0.2, 0) is 11.2 Å². The second kappa shape index (κ2) is 6.03. The van der Waals surface area contributed by atoms with Gasteiger partial charge in [0.1, 0.15) is 0 Å². The molecule has 0 fully saturated rings. The predicted molar refractivity (Wildman–Crippen MR) is 91.3 cm³/mol. The molecule has 5 heteroatoms. The van der Waals surface area contributed by atoms with Gasteiger partial charge in [-0.25, -0.2) is 0 Å². The molecule has 3 rings (SSSR count). The Hall–Kier alpha value is -1.97. The number of halogens is 2. The lowest BCUT2D eigenvalue weighted by atomic mass is 10.00. The van der Waals surface area contributed by atoms with Crippen LogP contribution in [0.15, 0.2) is 42.5 Å². The maximum atomic E-state index is 11.1. The minimum absolute atomic E-state index is 0.276. The Morgan fingerprint density at radius 2 is 1.82 bits per heavy atom. The Kier molecular flexibility index (Phi) is 4.10. The molecule has 0 aliphatic rings. The van der Waals surface area contributed by atoms with Gasteiger partial charge in [-0.15, -0.1) is 0 Å². The van der Waals surface area contributed by atoms with Crippen molar-refractivity contribution in [3.63, 3.8) is 0 Å². The lowest BCUT2D eigenvalue weighted by Crippen LogP contribution is -2.11. The van der Waals surface area contributed by atoms with E-state index >= 15 is 0 Å². The van der Waals surface area contributed by atoms with Crippen LogP contribution in [0.5, 0.6) is 0 Å². The van der Waals surface area contributed by atoms with E-state index in [0.29, 0.717) is 16.5 Å². The maximum Gasteiger partial charge on any atom is 0.217 e. The fourth-order valence-corrected chi connectivity index (χ4v) is 3.05. The van der Waals surface area contributed by atoms with Gasteiger partial charge in [0.2, 0.25) is 5.91 Å². The van der Waals surface area contributed by atoms with Crippen LogP contribution in [-0.4, -0.2) is 10.9 Å². The second-order valence-electron chi connectivity index (χ2n) is 5.09. The molecule has 0 unspecified atom stereocenters. The van der Waals surface area contributed by atoms with Gasteiger partial charge in [-0.2, -0.15) is 0 Å². The molecule has 22 heavy (non-hydrogen) atoms. The summed E-state index contributed by atoms with van der Waals surface area (Å²) in [6.07, 6.45) is 0.806. The number of primary amides is 1. The number of aromatic amines is 1. The number of aryl methyl sites for hydroxylation is 1. The molecular weight excluding hydrogens is 319 g/mol. The van der Waals surface area contributed by atoms with E-state index in [1.165, 1.54) is 0 Å². The smallest absolute Gasteiger partial charge is 0.217 e. The van der Waals surface area contributed by atoms with Gasteiger partial charge in [0.05, 0.1) is 10.0 Å². The third-order valence-electron chi connectivity index (χ3n) is 3.62. The molecular formula is C17H14Cl2N2O. The summed E-state index contributed by atoms with van der Waals surface area (Å²) in [7, 11) is 0. The molecule has 0 saturated heterocycles. The van der Waals surface area contributed by atoms with Crippen molar-refractivity contribution in [3.8, 4) is 11.1 Å². The lowest BCUT2D eigenvalue weighted by molar-refractivity contribution is -0.118. The van der Waals surface area contributed by atoms with E-state index in [-0.39, 0.29) is 12.3 Å². The minimum Gasteiger partial charge on any atom is -0.370 e. The Bertz CT molecular complexity index is 841. The molecule has 3 aromatic rings. The van der Waals surface area contributed by atoms with Crippen molar-refractivity contribution in [1.82, 2.24) is 4.98 Å². The summed E-state index contributed by atoms with van der Waals surface area (Å²) in [6, 6.07) is 13.5. The molecule has 0 aliphatic carbocycles. The molecule has 0 aliphatic heterocycles. The molecule has 1 amide bonds. The summed E-state index contributed by atoms with van der Waals surface area (Å²) < 4.78 is 0. The van der Waals surface area contributed by atoms with E-state index in [0.717, 1.165) is 27.7 Å². The minimum atomic E-state index is -0.332. The number of carbonyl (C=O) groups is 1. The first-order valence-corrected chi connectivity index (χ1v) is 7.66. The van der Waals surface area contributed by atoms with Crippen LogP contribution in [0.2, 0.25) is 10.0 Å². The molecule has 1 aromatic heterocycles. The number of aromatic nitrogens is 1. The fourth-order valence-electron chi connectivity index (χ4n) is 2.63. The van der Waals surface area contributed by atoms with Gasteiger partial charge in [-0.1, -0.05) is 53.5 Å². The van der Waals surface area contributed by atoms with Gasteiger partial charge in [0, 0.05) is 28.6 Å². The van der Waals surface area contributed by atoms with Crippen molar-refractivity contribution in [1.29, 1.82) is 0 Å². The summed E-state index contributed by atoms with van der Waals surface area (Å²) in [5.74, 6) is -0.332. The van der Waals surface area contributed by atoms with E-state index in [1.807, 2.05) is 36.4 Å². The highest BCUT2D eigenvalue weighted by Gasteiger charge is 2.17. The monoisotopic (exact) mass is 332 g/mol. The Morgan fingerprint density at radius 3 is 2.50 bits per heavy atom. The number of hydrogen-bond acceptors (Lipinski definition) is 1. The molecule has 0 atom stereocenters. The molecule has 0 bridgehead atoms. The largest absolute Gasteiger partial charge is 0.370 e. The average molecular weight is 333 g/mol. The summed E-state index contributed by atoms with van der Waals surface area (Å²) in [5.41, 5.74) is 9.11. The van der Waals surface area contributed by atoms with Crippen LogP contribution in [0.25, 0.3) is 22.0 Å². The van der Waals surface area contributed by atoms with Gasteiger partial charge in [0.25, 0.3) is 0 Å². The zero-order valence-corrected chi connectivity index (χ0v) is 13.2.